The maximum absolute atomic E-state index is 11.4. The molecule has 2 aromatic carbocycles. The highest BCUT2D eigenvalue weighted by atomic mass is 79.9. The van der Waals surface area contributed by atoms with Gasteiger partial charge in [-0.1, -0.05) is 40.2 Å². The van der Waals surface area contributed by atoms with Crippen molar-refractivity contribution >= 4 is 21.9 Å². The number of carbonyl (C=O) groups excluding carboxylic acids is 1. The van der Waals surface area contributed by atoms with Crippen LogP contribution < -0.4 is 5.32 Å². The molecule has 0 aliphatic heterocycles. The number of ether oxygens (including phenoxy) is 1. The molecular formula is C17H18BrNO2. The number of hydrogen-bond acceptors (Lipinski definition) is 3. The molecule has 1 atom stereocenters. The Balaban J connectivity index is 1.93. The third-order valence-electron chi connectivity index (χ3n) is 3.36. The summed E-state index contributed by atoms with van der Waals surface area (Å²) in [5.74, 6) is -0.308. The zero-order chi connectivity index (χ0) is 15.2. The minimum atomic E-state index is -0.308. The molecule has 1 unspecified atom stereocenters. The Morgan fingerprint density at radius 3 is 2.33 bits per heavy atom. The van der Waals surface area contributed by atoms with E-state index in [1.54, 1.807) is 12.1 Å². The van der Waals surface area contributed by atoms with Gasteiger partial charge in [-0.15, -0.1) is 0 Å². The van der Waals surface area contributed by atoms with E-state index in [0.717, 1.165) is 16.6 Å². The van der Waals surface area contributed by atoms with Gasteiger partial charge >= 0.3 is 5.97 Å². The normalized spacial score (nSPS) is 12.0. The Labute approximate surface area is 133 Å². The minimum absolute atomic E-state index is 0.262. The first-order valence-corrected chi connectivity index (χ1v) is 7.55. The quantitative estimate of drug-likeness (QED) is 0.828. The van der Waals surface area contributed by atoms with Gasteiger partial charge in [0.2, 0.25) is 0 Å². The predicted octanol–water partition coefficient (Wildman–Crippen LogP) is 4.09. The van der Waals surface area contributed by atoms with Gasteiger partial charge in [0.1, 0.15) is 0 Å². The molecule has 21 heavy (non-hydrogen) atoms. The fourth-order valence-corrected chi connectivity index (χ4v) is 2.28. The zero-order valence-corrected chi connectivity index (χ0v) is 13.7. The molecule has 0 amide bonds. The number of methoxy groups -OCH3 is 1. The first kappa shape index (κ1) is 15.7. The van der Waals surface area contributed by atoms with E-state index in [9.17, 15) is 4.79 Å². The lowest BCUT2D eigenvalue weighted by molar-refractivity contribution is 0.0600. The molecule has 2 aromatic rings. The number of halogens is 1. The lowest BCUT2D eigenvalue weighted by Gasteiger charge is -2.14. The van der Waals surface area contributed by atoms with E-state index < -0.39 is 0 Å². The highest BCUT2D eigenvalue weighted by Crippen LogP contribution is 2.17. The van der Waals surface area contributed by atoms with Crippen molar-refractivity contribution in [2.75, 3.05) is 7.11 Å². The molecule has 0 aromatic heterocycles. The van der Waals surface area contributed by atoms with E-state index in [2.05, 4.69) is 45.0 Å². The topological polar surface area (TPSA) is 38.3 Å². The average Bonchev–Trinajstić information content (AvgIpc) is 2.53. The molecular weight excluding hydrogens is 330 g/mol. The summed E-state index contributed by atoms with van der Waals surface area (Å²) in [4.78, 5) is 11.4. The number of benzene rings is 2. The zero-order valence-electron chi connectivity index (χ0n) is 12.1. The van der Waals surface area contributed by atoms with E-state index in [1.807, 2.05) is 24.3 Å². The summed E-state index contributed by atoms with van der Waals surface area (Å²) in [5, 5.41) is 3.47. The van der Waals surface area contributed by atoms with Gasteiger partial charge in [0.05, 0.1) is 12.7 Å². The van der Waals surface area contributed by atoms with Crippen LogP contribution in [-0.4, -0.2) is 13.1 Å². The summed E-state index contributed by atoms with van der Waals surface area (Å²) in [6.07, 6.45) is 0. The van der Waals surface area contributed by atoms with Gasteiger partial charge in [-0.3, -0.25) is 0 Å². The van der Waals surface area contributed by atoms with E-state index in [0.29, 0.717) is 5.56 Å². The van der Waals surface area contributed by atoms with E-state index in [1.165, 1.54) is 12.7 Å². The number of rotatable bonds is 5. The SMILES string of the molecule is COC(=O)c1ccc(CNC(C)c2ccc(Br)cc2)cc1. The van der Waals surface area contributed by atoms with E-state index >= 15 is 0 Å². The monoisotopic (exact) mass is 347 g/mol. The fraction of sp³-hybridized carbons (Fsp3) is 0.235. The van der Waals surface area contributed by atoms with Crippen molar-refractivity contribution in [3.05, 3.63) is 69.7 Å². The van der Waals surface area contributed by atoms with Gasteiger partial charge in [0.15, 0.2) is 0 Å². The summed E-state index contributed by atoms with van der Waals surface area (Å²) in [6.45, 7) is 2.88. The fourth-order valence-electron chi connectivity index (χ4n) is 2.02. The summed E-state index contributed by atoms with van der Waals surface area (Å²) < 4.78 is 5.76. The van der Waals surface area contributed by atoms with Gasteiger partial charge in [0.25, 0.3) is 0 Å². The molecule has 1 N–H and O–H groups in total. The average molecular weight is 348 g/mol. The second-order valence-corrected chi connectivity index (χ2v) is 5.76. The number of nitrogens with one attached hydrogen (secondary N) is 1. The predicted molar refractivity (Wildman–Crippen MR) is 87.2 cm³/mol. The molecule has 0 saturated carbocycles. The van der Waals surface area contributed by atoms with Crippen molar-refractivity contribution in [2.24, 2.45) is 0 Å². The first-order valence-electron chi connectivity index (χ1n) is 6.76. The highest BCUT2D eigenvalue weighted by molar-refractivity contribution is 9.10. The van der Waals surface area contributed by atoms with Gasteiger partial charge in [-0.2, -0.15) is 0 Å². The second kappa shape index (κ2) is 7.38. The Morgan fingerprint density at radius 2 is 1.76 bits per heavy atom. The van der Waals surface area contributed by atoms with Crippen molar-refractivity contribution in [3.63, 3.8) is 0 Å². The van der Waals surface area contributed by atoms with Crippen molar-refractivity contribution in [1.82, 2.24) is 5.32 Å². The summed E-state index contributed by atoms with van der Waals surface area (Å²) in [5.41, 5.74) is 2.94. The third-order valence-corrected chi connectivity index (χ3v) is 3.89. The Bertz CT molecular complexity index is 593. The van der Waals surface area contributed by atoms with Crippen LogP contribution in [0.2, 0.25) is 0 Å². The Kier molecular flexibility index (Phi) is 5.53. The van der Waals surface area contributed by atoms with Crippen LogP contribution in [0.5, 0.6) is 0 Å². The molecule has 2 rings (SSSR count). The smallest absolute Gasteiger partial charge is 0.337 e. The highest BCUT2D eigenvalue weighted by Gasteiger charge is 2.06. The summed E-state index contributed by atoms with van der Waals surface area (Å²) in [7, 11) is 1.39. The van der Waals surface area contributed by atoms with Crippen LogP contribution in [0.25, 0.3) is 0 Å². The van der Waals surface area contributed by atoms with E-state index in [-0.39, 0.29) is 12.0 Å². The lowest BCUT2D eigenvalue weighted by Crippen LogP contribution is -2.18. The van der Waals surface area contributed by atoms with Gasteiger partial charge < -0.3 is 10.1 Å². The largest absolute Gasteiger partial charge is 0.465 e. The molecule has 0 bridgehead atoms. The number of hydrogen-bond donors (Lipinski definition) is 1. The van der Waals surface area contributed by atoms with Crippen LogP contribution in [0.1, 0.15) is 34.5 Å². The minimum Gasteiger partial charge on any atom is -0.465 e. The lowest BCUT2D eigenvalue weighted by atomic mass is 10.1. The van der Waals surface area contributed by atoms with Crippen LogP contribution >= 0.6 is 15.9 Å². The molecule has 0 fully saturated rings. The van der Waals surface area contributed by atoms with Crippen LogP contribution in [0.15, 0.2) is 53.0 Å². The van der Waals surface area contributed by atoms with Crippen LogP contribution in [-0.2, 0) is 11.3 Å². The van der Waals surface area contributed by atoms with Crippen molar-refractivity contribution in [2.45, 2.75) is 19.5 Å². The van der Waals surface area contributed by atoms with Crippen molar-refractivity contribution in [3.8, 4) is 0 Å². The molecule has 110 valence electrons. The summed E-state index contributed by atoms with van der Waals surface area (Å²) in [6, 6.07) is 16.0. The van der Waals surface area contributed by atoms with Crippen LogP contribution in [0.4, 0.5) is 0 Å². The van der Waals surface area contributed by atoms with Gasteiger partial charge in [-0.25, -0.2) is 4.79 Å². The van der Waals surface area contributed by atoms with Crippen LogP contribution in [0, 0.1) is 0 Å². The molecule has 0 saturated heterocycles. The maximum atomic E-state index is 11.4. The Hall–Kier alpha value is -1.65. The molecule has 0 radical (unpaired) electrons. The maximum Gasteiger partial charge on any atom is 0.337 e. The van der Waals surface area contributed by atoms with Gasteiger partial charge in [0, 0.05) is 17.1 Å². The summed E-state index contributed by atoms with van der Waals surface area (Å²) >= 11 is 3.44. The molecule has 4 heteroatoms. The molecule has 0 aliphatic rings. The first-order chi connectivity index (χ1) is 10.1. The molecule has 0 aliphatic carbocycles. The second-order valence-electron chi connectivity index (χ2n) is 4.84. The van der Waals surface area contributed by atoms with Crippen LogP contribution in [0.3, 0.4) is 0 Å². The molecule has 0 heterocycles. The third kappa shape index (κ3) is 4.41. The number of esters is 1. The number of carbonyl (C=O) groups is 1. The molecule has 3 nitrogen and oxygen atoms in total. The van der Waals surface area contributed by atoms with Crippen molar-refractivity contribution in [1.29, 1.82) is 0 Å². The van der Waals surface area contributed by atoms with Gasteiger partial charge in [-0.05, 0) is 42.3 Å². The van der Waals surface area contributed by atoms with E-state index in [4.69, 9.17) is 0 Å². The van der Waals surface area contributed by atoms with Crippen molar-refractivity contribution < 1.29 is 9.53 Å². The standard InChI is InChI=1S/C17H18BrNO2/c1-12(14-7-9-16(18)10-8-14)19-11-13-3-5-15(6-4-13)17(20)21-2/h3-10,12,19H,11H2,1-2H3. The molecule has 0 spiro atoms. The Morgan fingerprint density at radius 1 is 1.14 bits per heavy atom.